The second-order valence-corrected chi connectivity index (χ2v) is 6.42. The van der Waals surface area contributed by atoms with Crippen LogP contribution in [0.3, 0.4) is 0 Å². The second-order valence-electron chi connectivity index (χ2n) is 5.51. The molecule has 1 fully saturated rings. The number of piperidine rings is 1. The standard InChI is InChI=1S/C15H19BrN2O2/c1-9-5-6-18(13(7-9)14(17)19)15(20)12-4-3-11(16)8-10(12)2/h3-4,8-9,13H,5-7H2,1-2H3,(H2,17,19)/t9-,13-/m1/s1. The van der Waals surface area contributed by atoms with E-state index in [-0.39, 0.29) is 5.91 Å². The third-order valence-corrected chi connectivity index (χ3v) is 4.37. The van der Waals surface area contributed by atoms with E-state index in [0.717, 1.165) is 16.5 Å². The summed E-state index contributed by atoms with van der Waals surface area (Å²) in [6.07, 6.45) is 1.56. The first-order chi connectivity index (χ1) is 9.40. The number of carbonyl (C=O) groups is 2. The highest BCUT2D eigenvalue weighted by Crippen LogP contribution is 2.25. The van der Waals surface area contributed by atoms with E-state index >= 15 is 0 Å². The maximum absolute atomic E-state index is 12.7. The van der Waals surface area contributed by atoms with Crippen LogP contribution >= 0.6 is 15.9 Å². The van der Waals surface area contributed by atoms with Crippen molar-refractivity contribution >= 4 is 27.7 Å². The maximum Gasteiger partial charge on any atom is 0.254 e. The fraction of sp³-hybridized carbons (Fsp3) is 0.467. The number of rotatable bonds is 2. The number of benzene rings is 1. The lowest BCUT2D eigenvalue weighted by Crippen LogP contribution is -2.52. The van der Waals surface area contributed by atoms with Gasteiger partial charge in [-0.25, -0.2) is 0 Å². The minimum Gasteiger partial charge on any atom is -0.368 e. The number of amides is 2. The molecule has 0 radical (unpaired) electrons. The van der Waals surface area contributed by atoms with Gasteiger partial charge in [-0.1, -0.05) is 22.9 Å². The van der Waals surface area contributed by atoms with Crippen molar-refractivity contribution in [2.45, 2.75) is 32.7 Å². The van der Waals surface area contributed by atoms with E-state index in [9.17, 15) is 9.59 Å². The largest absolute Gasteiger partial charge is 0.368 e. The van der Waals surface area contributed by atoms with Crippen LogP contribution in [0.15, 0.2) is 22.7 Å². The maximum atomic E-state index is 12.7. The topological polar surface area (TPSA) is 63.4 Å². The molecule has 0 bridgehead atoms. The molecule has 1 aromatic rings. The van der Waals surface area contributed by atoms with E-state index in [2.05, 4.69) is 22.9 Å². The zero-order valence-electron chi connectivity index (χ0n) is 11.7. The molecule has 0 unspecified atom stereocenters. The number of primary amides is 1. The molecule has 2 atom stereocenters. The molecular formula is C15H19BrN2O2. The van der Waals surface area contributed by atoms with E-state index in [4.69, 9.17) is 5.73 Å². The summed E-state index contributed by atoms with van der Waals surface area (Å²) in [5, 5.41) is 0. The Hall–Kier alpha value is -1.36. The van der Waals surface area contributed by atoms with Crippen LogP contribution < -0.4 is 5.73 Å². The molecule has 0 aliphatic carbocycles. The van der Waals surface area contributed by atoms with E-state index in [1.807, 2.05) is 19.1 Å². The van der Waals surface area contributed by atoms with Crippen molar-refractivity contribution in [2.75, 3.05) is 6.54 Å². The summed E-state index contributed by atoms with van der Waals surface area (Å²) in [6.45, 7) is 4.57. The number of nitrogens with zero attached hydrogens (tertiary/aromatic N) is 1. The summed E-state index contributed by atoms with van der Waals surface area (Å²) in [5.41, 5.74) is 6.99. The highest BCUT2D eigenvalue weighted by Gasteiger charge is 2.34. The normalized spacial score (nSPS) is 22.6. The lowest BCUT2D eigenvalue weighted by atomic mass is 9.91. The minimum atomic E-state index is -0.491. The summed E-state index contributed by atoms with van der Waals surface area (Å²) in [6, 6.07) is 5.04. The van der Waals surface area contributed by atoms with Gasteiger partial charge in [-0.15, -0.1) is 0 Å². The zero-order valence-corrected chi connectivity index (χ0v) is 13.3. The van der Waals surface area contributed by atoms with Gasteiger partial charge in [-0.05, 0) is 49.4 Å². The zero-order chi connectivity index (χ0) is 14.9. The highest BCUT2D eigenvalue weighted by atomic mass is 79.9. The van der Waals surface area contributed by atoms with Gasteiger partial charge in [-0.3, -0.25) is 9.59 Å². The van der Waals surface area contributed by atoms with Crippen molar-refractivity contribution in [3.05, 3.63) is 33.8 Å². The Balaban J connectivity index is 2.28. The molecule has 1 aliphatic heterocycles. The fourth-order valence-corrected chi connectivity index (χ4v) is 3.15. The lowest BCUT2D eigenvalue weighted by Gasteiger charge is -2.37. The highest BCUT2D eigenvalue weighted by molar-refractivity contribution is 9.10. The molecule has 1 saturated heterocycles. The van der Waals surface area contributed by atoms with Crippen LogP contribution in [0.5, 0.6) is 0 Å². The third kappa shape index (κ3) is 3.03. The molecule has 1 heterocycles. The molecule has 2 amide bonds. The van der Waals surface area contributed by atoms with E-state index in [1.165, 1.54) is 0 Å². The first kappa shape index (κ1) is 15.0. The number of nitrogens with two attached hydrogens (primary N) is 1. The predicted octanol–water partition coefficient (Wildman–Crippen LogP) is 2.48. The molecular weight excluding hydrogens is 320 g/mol. The van der Waals surface area contributed by atoms with Crippen LogP contribution in [0, 0.1) is 12.8 Å². The van der Waals surface area contributed by atoms with Gasteiger partial charge in [0, 0.05) is 16.6 Å². The third-order valence-electron chi connectivity index (χ3n) is 3.87. The van der Waals surface area contributed by atoms with E-state index in [1.54, 1.807) is 11.0 Å². The summed E-state index contributed by atoms with van der Waals surface area (Å²) in [5.74, 6) is -0.104. The number of halogens is 1. The molecule has 1 aliphatic rings. The number of carbonyl (C=O) groups excluding carboxylic acids is 2. The molecule has 2 N–H and O–H groups in total. The first-order valence-corrected chi connectivity index (χ1v) is 7.56. The van der Waals surface area contributed by atoms with Gasteiger partial charge in [-0.2, -0.15) is 0 Å². The summed E-state index contributed by atoms with van der Waals surface area (Å²) >= 11 is 3.39. The SMILES string of the molecule is Cc1cc(Br)ccc1C(=O)N1CC[C@@H](C)C[C@@H]1C(N)=O. The van der Waals surface area contributed by atoms with Gasteiger partial charge in [0.1, 0.15) is 6.04 Å². The molecule has 0 aromatic heterocycles. The van der Waals surface area contributed by atoms with Crippen molar-refractivity contribution in [1.82, 2.24) is 4.90 Å². The van der Waals surface area contributed by atoms with Crippen LogP contribution in [0.25, 0.3) is 0 Å². The van der Waals surface area contributed by atoms with Crippen molar-refractivity contribution in [1.29, 1.82) is 0 Å². The summed E-state index contributed by atoms with van der Waals surface area (Å²) in [7, 11) is 0. The molecule has 2 rings (SSSR count). The molecule has 108 valence electrons. The average molecular weight is 339 g/mol. The Morgan fingerprint density at radius 2 is 2.10 bits per heavy atom. The van der Waals surface area contributed by atoms with Crippen molar-refractivity contribution in [2.24, 2.45) is 11.7 Å². The average Bonchev–Trinajstić information content (AvgIpc) is 2.37. The van der Waals surface area contributed by atoms with Crippen LogP contribution in [-0.2, 0) is 4.79 Å². The van der Waals surface area contributed by atoms with Gasteiger partial charge >= 0.3 is 0 Å². The Bertz CT molecular complexity index is 545. The summed E-state index contributed by atoms with van der Waals surface area (Å²) < 4.78 is 0.935. The quantitative estimate of drug-likeness (QED) is 0.900. The number of likely N-dealkylation sites (tertiary alicyclic amines) is 1. The van der Waals surface area contributed by atoms with Crippen LogP contribution in [0.2, 0.25) is 0 Å². The Morgan fingerprint density at radius 3 is 2.70 bits per heavy atom. The first-order valence-electron chi connectivity index (χ1n) is 6.76. The van der Waals surface area contributed by atoms with Crippen LogP contribution in [-0.4, -0.2) is 29.3 Å². The van der Waals surface area contributed by atoms with E-state index in [0.29, 0.717) is 24.4 Å². The molecule has 1 aromatic carbocycles. The monoisotopic (exact) mass is 338 g/mol. The Morgan fingerprint density at radius 1 is 1.40 bits per heavy atom. The van der Waals surface area contributed by atoms with Crippen LogP contribution in [0.4, 0.5) is 0 Å². The smallest absolute Gasteiger partial charge is 0.254 e. The van der Waals surface area contributed by atoms with Gasteiger partial charge in [0.25, 0.3) is 5.91 Å². The van der Waals surface area contributed by atoms with Gasteiger partial charge in [0.05, 0.1) is 0 Å². The van der Waals surface area contributed by atoms with E-state index < -0.39 is 11.9 Å². The Kier molecular flexibility index (Phi) is 4.48. The Labute approximate surface area is 127 Å². The fourth-order valence-electron chi connectivity index (χ4n) is 2.68. The van der Waals surface area contributed by atoms with Gasteiger partial charge < -0.3 is 10.6 Å². The molecule has 5 heteroatoms. The predicted molar refractivity (Wildman–Crippen MR) is 81.3 cm³/mol. The second kappa shape index (κ2) is 5.95. The number of hydrogen-bond donors (Lipinski definition) is 1. The van der Waals surface area contributed by atoms with Gasteiger partial charge in [0.15, 0.2) is 0 Å². The summed E-state index contributed by atoms with van der Waals surface area (Å²) in [4.78, 5) is 25.9. The molecule has 0 saturated carbocycles. The minimum absolute atomic E-state index is 0.106. The van der Waals surface area contributed by atoms with Crippen molar-refractivity contribution in [3.63, 3.8) is 0 Å². The molecule has 0 spiro atoms. The van der Waals surface area contributed by atoms with Gasteiger partial charge in [0.2, 0.25) is 5.91 Å². The number of hydrogen-bond acceptors (Lipinski definition) is 2. The number of aryl methyl sites for hydroxylation is 1. The van der Waals surface area contributed by atoms with Crippen molar-refractivity contribution < 1.29 is 9.59 Å². The lowest BCUT2D eigenvalue weighted by molar-refractivity contribution is -0.124. The van der Waals surface area contributed by atoms with Crippen molar-refractivity contribution in [3.8, 4) is 0 Å². The molecule has 4 nitrogen and oxygen atoms in total. The molecule has 20 heavy (non-hydrogen) atoms. The van der Waals surface area contributed by atoms with Crippen LogP contribution in [0.1, 0.15) is 35.7 Å².